The van der Waals surface area contributed by atoms with Crippen LogP contribution in [0.25, 0.3) is 0 Å². The second kappa shape index (κ2) is 11.4. The number of carbonyl (C=O) groups is 1. The first-order chi connectivity index (χ1) is 14.7. The van der Waals surface area contributed by atoms with Crippen LogP contribution in [-0.2, 0) is 27.2 Å². The van der Waals surface area contributed by atoms with E-state index in [1.165, 1.54) is 12.1 Å². The summed E-state index contributed by atoms with van der Waals surface area (Å²) in [6.45, 7) is 5.78. The van der Waals surface area contributed by atoms with Gasteiger partial charge in [-0.25, -0.2) is 4.79 Å². The van der Waals surface area contributed by atoms with Gasteiger partial charge in [-0.3, -0.25) is 0 Å². The van der Waals surface area contributed by atoms with Gasteiger partial charge >= 0.3 is 12.1 Å². The van der Waals surface area contributed by atoms with Crippen molar-refractivity contribution in [3.63, 3.8) is 0 Å². The number of oxime groups is 1. The lowest BCUT2D eigenvalue weighted by Crippen LogP contribution is -2.15. The third-order valence-electron chi connectivity index (χ3n) is 4.33. The van der Waals surface area contributed by atoms with E-state index >= 15 is 0 Å². The molecular weight excluding hydrogens is 411 g/mol. The first kappa shape index (κ1) is 24.2. The summed E-state index contributed by atoms with van der Waals surface area (Å²) < 4.78 is 48.3. The maximum atomic E-state index is 12.6. The molecule has 0 amide bonds. The van der Waals surface area contributed by atoms with Gasteiger partial charge < -0.3 is 14.3 Å². The highest BCUT2D eigenvalue weighted by Gasteiger charge is 2.29. The molecule has 0 bridgehead atoms. The van der Waals surface area contributed by atoms with Crippen molar-refractivity contribution in [1.82, 2.24) is 0 Å². The predicted molar refractivity (Wildman–Crippen MR) is 111 cm³/mol. The molecule has 0 aromatic heterocycles. The molecule has 0 aliphatic carbocycles. The summed E-state index contributed by atoms with van der Waals surface area (Å²) in [7, 11) is 0. The molecule has 0 saturated carbocycles. The molecule has 0 aliphatic rings. The molecule has 2 aromatic carbocycles. The molecule has 31 heavy (non-hydrogen) atoms. The average Bonchev–Trinajstić information content (AvgIpc) is 2.72. The van der Waals surface area contributed by atoms with Crippen molar-refractivity contribution >= 4 is 11.7 Å². The molecule has 2 aromatic rings. The molecule has 0 saturated heterocycles. The monoisotopic (exact) mass is 437 g/mol. The topological polar surface area (TPSA) is 57.1 Å². The largest absolute Gasteiger partial charge is 0.482 e. The molecule has 0 atom stereocenters. The van der Waals surface area contributed by atoms with Crippen molar-refractivity contribution in [1.29, 1.82) is 0 Å². The molecule has 0 spiro atoms. The number of benzene rings is 2. The van der Waals surface area contributed by atoms with Crippen LogP contribution < -0.4 is 4.74 Å². The number of ether oxygens (including phenoxy) is 2. The third-order valence-corrected chi connectivity index (χ3v) is 4.33. The maximum Gasteiger partial charge on any atom is 0.416 e. The van der Waals surface area contributed by atoms with Crippen LogP contribution in [0.2, 0.25) is 0 Å². The number of carbonyl (C=O) groups excluding carboxylic acids is 1. The molecule has 0 aliphatic heterocycles. The quantitative estimate of drug-likeness (QED) is 0.273. The Morgan fingerprint density at radius 1 is 1.06 bits per heavy atom. The van der Waals surface area contributed by atoms with Crippen LogP contribution in [0.4, 0.5) is 13.2 Å². The van der Waals surface area contributed by atoms with Crippen LogP contribution in [0, 0.1) is 6.92 Å². The molecule has 0 unspecified atom stereocenters. The number of halogens is 3. The number of hydrogen-bond acceptors (Lipinski definition) is 5. The van der Waals surface area contributed by atoms with Gasteiger partial charge in [-0.2, -0.15) is 13.2 Å². The van der Waals surface area contributed by atoms with Crippen molar-refractivity contribution in [2.45, 2.75) is 46.4 Å². The SMILES string of the molecule is CCCC(=NOCc1ccc(C(F)(F)F)cc1)c1ccc(OCC(=O)OCC)c(C)c1. The number of aryl methyl sites for hydroxylation is 1. The molecule has 0 fully saturated rings. The molecule has 2 rings (SSSR count). The van der Waals surface area contributed by atoms with E-state index in [9.17, 15) is 18.0 Å². The van der Waals surface area contributed by atoms with E-state index in [-0.39, 0.29) is 13.2 Å². The second-order valence-electron chi connectivity index (χ2n) is 6.83. The lowest BCUT2D eigenvalue weighted by Gasteiger charge is -2.12. The van der Waals surface area contributed by atoms with Crippen LogP contribution >= 0.6 is 0 Å². The van der Waals surface area contributed by atoms with Gasteiger partial charge in [-0.1, -0.05) is 30.6 Å². The van der Waals surface area contributed by atoms with Gasteiger partial charge in [-0.15, -0.1) is 0 Å². The Kier molecular flexibility index (Phi) is 8.90. The normalized spacial score (nSPS) is 11.9. The lowest BCUT2D eigenvalue weighted by molar-refractivity contribution is -0.145. The maximum absolute atomic E-state index is 12.6. The zero-order valence-corrected chi connectivity index (χ0v) is 17.8. The van der Waals surface area contributed by atoms with E-state index in [1.54, 1.807) is 13.0 Å². The van der Waals surface area contributed by atoms with Gasteiger partial charge in [0.15, 0.2) is 6.61 Å². The zero-order chi connectivity index (χ0) is 22.9. The minimum atomic E-state index is -4.37. The van der Waals surface area contributed by atoms with Gasteiger partial charge in [0.2, 0.25) is 0 Å². The van der Waals surface area contributed by atoms with Crippen LogP contribution in [0.5, 0.6) is 5.75 Å². The smallest absolute Gasteiger partial charge is 0.416 e. The Bertz CT molecular complexity index is 893. The fraction of sp³-hybridized carbons (Fsp3) is 0.391. The summed E-state index contributed by atoms with van der Waals surface area (Å²) in [6.07, 6.45) is -2.87. The van der Waals surface area contributed by atoms with E-state index in [2.05, 4.69) is 5.16 Å². The summed E-state index contributed by atoms with van der Waals surface area (Å²) >= 11 is 0. The Balaban J connectivity index is 2.04. The summed E-state index contributed by atoms with van der Waals surface area (Å²) in [5, 5.41) is 4.20. The van der Waals surface area contributed by atoms with E-state index < -0.39 is 17.7 Å². The van der Waals surface area contributed by atoms with Gasteiger partial charge in [0.25, 0.3) is 0 Å². The Labute approximate surface area is 179 Å². The highest BCUT2D eigenvalue weighted by atomic mass is 19.4. The minimum absolute atomic E-state index is 0.0606. The van der Waals surface area contributed by atoms with Crippen molar-refractivity contribution in [2.24, 2.45) is 5.16 Å². The Morgan fingerprint density at radius 3 is 2.35 bits per heavy atom. The number of nitrogens with zero attached hydrogens (tertiary/aromatic N) is 1. The second-order valence-corrected chi connectivity index (χ2v) is 6.83. The van der Waals surface area contributed by atoms with Crippen LogP contribution in [0.15, 0.2) is 47.6 Å². The van der Waals surface area contributed by atoms with Crippen molar-refractivity contribution in [2.75, 3.05) is 13.2 Å². The van der Waals surface area contributed by atoms with Crippen molar-refractivity contribution in [3.8, 4) is 5.75 Å². The van der Waals surface area contributed by atoms with Crippen LogP contribution in [-0.4, -0.2) is 24.9 Å². The zero-order valence-electron chi connectivity index (χ0n) is 17.8. The fourth-order valence-corrected chi connectivity index (χ4v) is 2.78. The van der Waals surface area contributed by atoms with Gasteiger partial charge in [0, 0.05) is 0 Å². The first-order valence-corrected chi connectivity index (χ1v) is 9.99. The van der Waals surface area contributed by atoms with Crippen molar-refractivity contribution in [3.05, 3.63) is 64.7 Å². The Morgan fingerprint density at radius 2 is 1.77 bits per heavy atom. The number of alkyl halides is 3. The summed E-state index contributed by atoms with van der Waals surface area (Å²) in [4.78, 5) is 16.9. The van der Waals surface area contributed by atoms with E-state index in [0.29, 0.717) is 24.3 Å². The van der Waals surface area contributed by atoms with E-state index in [0.717, 1.165) is 35.4 Å². The van der Waals surface area contributed by atoms with Gasteiger partial charge in [0.1, 0.15) is 12.4 Å². The molecule has 168 valence electrons. The summed E-state index contributed by atoms with van der Waals surface area (Å²) in [6, 6.07) is 10.3. The number of rotatable bonds is 10. The van der Waals surface area contributed by atoms with E-state index in [1.807, 2.05) is 26.0 Å². The molecule has 0 radical (unpaired) electrons. The summed E-state index contributed by atoms with van der Waals surface area (Å²) in [5.41, 5.74) is 2.27. The average molecular weight is 437 g/mol. The summed E-state index contributed by atoms with van der Waals surface area (Å²) in [5.74, 6) is 0.134. The highest BCUT2D eigenvalue weighted by molar-refractivity contribution is 6.00. The Hall–Kier alpha value is -3.03. The number of hydrogen-bond donors (Lipinski definition) is 0. The van der Waals surface area contributed by atoms with Crippen LogP contribution in [0.3, 0.4) is 0 Å². The standard InChI is InChI=1S/C23H26F3NO4/c1-4-6-20(27-31-14-17-7-10-19(11-8-17)23(24,25)26)18-9-12-21(16(3)13-18)30-15-22(28)29-5-2/h7-13H,4-6,14-15H2,1-3H3. The molecular formula is C23H26F3NO4. The number of esters is 1. The third kappa shape index (κ3) is 7.62. The molecule has 0 N–H and O–H groups in total. The molecule has 8 heteroatoms. The van der Waals surface area contributed by atoms with E-state index in [4.69, 9.17) is 14.3 Å². The highest BCUT2D eigenvalue weighted by Crippen LogP contribution is 2.29. The molecule has 0 heterocycles. The fourth-order valence-electron chi connectivity index (χ4n) is 2.78. The lowest BCUT2D eigenvalue weighted by atomic mass is 10.0. The van der Waals surface area contributed by atoms with Crippen molar-refractivity contribution < 1.29 is 32.3 Å². The van der Waals surface area contributed by atoms with Crippen LogP contribution in [0.1, 0.15) is 48.9 Å². The molecule has 5 nitrogen and oxygen atoms in total. The van der Waals surface area contributed by atoms with Gasteiger partial charge in [0.05, 0.1) is 17.9 Å². The predicted octanol–water partition coefficient (Wildman–Crippen LogP) is 5.68. The first-order valence-electron chi connectivity index (χ1n) is 9.99. The van der Waals surface area contributed by atoms with Gasteiger partial charge in [-0.05, 0) is 67.3 Å². The minimum Gasteiger partial charge on any atom is -0.482 e.